The zero-order valence-electron chi connectivity index (χ0n) is 21.9. The Bertz CT molecular complexity index is 2140. The van der Waals surface area contributed by atoms with Crippen molar-refractivity contribution in [1.82, 2.24) is 4.98 Å². The van der Waals surface area contributed by atoms with Gasteiger partial charge in [0.15, 0.2) is 0 Å². The van der Waals surface area contributed by atoms with Gasteiger partial charge in [0.25, 0.3) is 0 Å². The molecule has 0 aliphatic heterocycles. The van der Waals surface area contributed by atoms with Gasteiger partial charge in [0.2, 0.25) is 0 Å². The Balaban J connectivity index is 1.30. The van der Waals surface area contributed by atoms with Crippen molar-refractivity contribution in [3.05, 3.63) is 152 Å². The molecule has 0 spiro atoms. The summed E-state index contributed by atoms with van der Waals surface area (Å²) < 4.78 is 0. The van der Waals surface area contributed by atoms with Crippen molar-refractivity contribution in [3.63, 3.8) is 0 Å². The molecule has 0 bridgehead atoms. The molecule has 0 N–H and O–H groups in total. The highest BCUT2D eigenvalue weighted by molar-refractivity contribution is 6.13. The van der Waals surface area contributed by atoms with Gasteiger partial charge in [0, 0.05) is 16.5 Å². The monoisotopic (exact) mass is 507 g/mol. The van der Waals surface area contributed by atoms with Crippen LogP contribution in [-0.4, -0.2) is 4.98 Å². The van der Waals surface area contributed by atoms with Crippen molar-refractivity contribution < 1.29 is 0 Å². The molecule has 186 valence electrons. The summed E-state index contributed by atoms with van der Waals surface area (Å²) in [5, 5.41) is 8.68. The molecule has 0 saturated heterocycles. The number of hydrogen-bond acceptors (Lipinski definition) is 1. The molecule has 0 saturated carbocycles. The van der Waals surface area contributed by atoms with E-state index in [0.29, 0.717) is 0 Å². The van der Waals surface area contributed by atoms with Crippen LogP contribution < -0.4 is 0 Å². The Morgan fingerprint density at radius 1 is 0.325 bits per heavy atom. The van der Waals surface area contributed by atoms with Gasteiger partial charge in [0.05, 0.1) is 11.2 Å². The first-order valence-corrected chi connectivity index (χ1v) is 13.7. The summed E-state index contributed by atoms with van der Waals surface area (Å²) in [7, 11) is 0. The summed E-state index contributed by atoms with van der Waals surface area (Å²) in [4.78, 5) is 5.27. The molecular formula is C39H25N. The molecule has 0 fully saturated rings. The molecule has 1 heteroatoms. The minimum absolute atomic E-state index is 0.981. The fraction of sp³-hybridized carbons (Fsp3) is 0. The van der Waals surface area contributed by atoms with E-state index in [1.54, 1.807) is 0 Å². The van der Waals surface area contributed by atoms with Gasteiger partial charge in [-0.05, 0) is 67.2 Å². The predicted molar refractivity (Wildman–Crippen MR) is 171 cm³/mol. The number of aromatic nitrogens is 1. The molecule has 0 aliphatic carbocycles. The zero-order valence-corrected chi connectivity index (χ0v) is 21.9. The highest BCUT2D eigenvalue weighted by Crippen LogP contribution is 2.39. The fourth-order valence-corrected chi connectivity index (χ4v) is 6.12. The average Bonchev–Trinajstić information content (AvgIpc) is 3.03. The van der Waals surface area contributed by atoms with Crippen molar-refractivity contribution in [2.45, 2.75) is 0 Å². The third-order valence-corrected chi connectivity index (χ3v) is 8.01. The van der Waals surface area contributed by atoms with Crippen molar-refractivity contribution in [2.24, 2.45) is 0 Å². The largest absolute Gasteiger partial charge is 0.247 e. The van der Waals surface area contributed by atoms with Gasteiger partial charge in [-0.15, -0.1) is 0 Å². The van der Waals surface area contributed by atoms with E-state index >= 15 is 0 Å². The maximum atomic E-state index is 5.27. The molecule has 8 aromatic rings. The van der Waals surface area contributed by atoms with Gasteiger partial charge in [0.1, 0.15) is 0 Å². The molecule has 1 nitrogen and oxygen atoms in total. The third kappa shape index (κ3) is 3.67. The van der Waals surface area contributed by atoms with Crippen LogP contribution in [0.15, 0.2) is 152 Å². The summed E-state index contributed by atoms with van der Waals surface area (Å²) in [6.07, 6.45) is 0. The van der Waals surface area contributed by atoms with Crippen LogP contribution in [0, 0.1) is 0 Å². The van der Waals surface area contributed by atoms with Gasteiger partial charge < -0.3 is 0 Å². The van der Waals surface area contributed by atoms with Gasteiger partial charge in [-0.3, -0.25) is 0 Å². The van der Waals surface area contributed by atoms with Crippen LogP contribution in [0.5, 0.6) is 0 Å². The van der Waals surface area contributed by atoms with Crippen LogP contribution in [-0.2, 0) is 0 Å². The van der Waals surface area contributed by atoms with Gasteiger partial charge >= 0.3 is 0 Å². The van der Waals surface area contributed by atoms with E-state index < -0.39 is 0 Å². The third-order valence-electron chi connectivity index (χ3n) is 8.01. The maximum absolute atomic E-state index is 5.27. The van der Waals surface area contributed by atoms with E-state index in [2.05, 4.69) is 152 Å². The molecule has 7 aromatic carbocycles. The molecule has 0 unspecified atom stereocenters. The molecule has 0 aliphatic rings. The Labute approximate surface area is 233 Å². The van der Waals surface area contributed by atoms with Crippen LogP contribution >= 0.6 is 0 Å². The second kappa shape index (κ2) is 9.18. The molecule has 40 heavy (non-hydrogen) atoms. The maximum Gasteiger partial charge on any atom is 0.0794 e. The second-order valence-electron chi connectivity index (χ2n) is 10.4. The Morgan fingerprint density at radius 2 is 0.800 bits per heavy atom. The number of hydrogen-bond donors (Lipinski definition) is 0. The lowest BCUT2D eigenvalue weighted by Crippen LogP contribution is -1.91. The first kappa shape index (κ1) is 22.7. The topological polar surface area (TPSA) is 12.9 Å². The highest BCUT2D eigenvalue weighted by atomic mass is 14.7. The smallest absolute Gasteiger partial charge is 0.0794 e. The molecule has 0 amide bonds. The summed E-state index contributed by atoms with van der Waals surface area (Å²) in [6.45, 7) is 0. The van der Waals surface area contributed by atoms with E-state index in [-0.39, 0.29) is 0 Å². The Morgan fingerprint density at radius 3 is 1.43 bits per heavy atom. The Hall–Kier alpha value is -5.27. The van der Waals surface area contributed by atoms with E-state index in [1.807, 2.05) is 0 Å². The van der Waals surface area contributed by atoms with E-state index in [9.17, 15) is 0 Å². The molecule has 8 rings (SSSR count). The quantitative estimate of drug-likeness (QED) is 0.217. The van der Waals surface area contributed by atoms with Crippen LogP contribution in [0.3, 0.4) is 0 Å². The van der Waals surface area contributed by atoms with Crippen LogP contribution in [0.2, 0.25) is 0 Å². The van der Waals surface area contributed by atoms with Gasteiger partial charge in [-0.2, -0.15) is 0 Å². The standard InChI is InChI=1S/C39H25N/c1-2-10-27(11-3-1)38-35-17-9-6-14-31(35)25-32-22-23-36(40-39(32)38)26-18-20-28(21-19-26)37-33-15-7-4-12-29(33)24-30-13-5-8-16-34(30)37/h1-25H. The molecule has 1 heterocycles. The van der Waals surface area contributed by atoms with Crippen molar-refractivity contribution in [2.75, 3.05) is 0 Å². The van der Waals surface area contributed by atoms with Crippen molar-refractivity contribution >= 4 is 43.2 Å². The Kier molecular flexibility index (Phi) is 5.21. The predicted octanol–water partition coefficient (Wildman–Crippen LogP) is 10.7. The summed E-state index contributed by atoms with van der Waals surface area (Å²) in [6, 6.07) is 54.4. The lowest BCUT2D eigenvalue weighted by molar-refractivity contribution is 1.40. The zero-order chi connectivity index (χ0) is 26.5. The number of fused-ring (bicyclic) bond motifs is 4. The molecule has 1 aromatic heterocycles. The summed E-state index contributed by atoms with van der Waals surface area (Å²) in [5.41, 5.74) is 8.00. The summed E-state index contributed by atoms with van der Waals surface area (Å²) in [5.74, 6) is 0. The fourth-order valence-electron chi connectivity index (χ4n) is 6.12. The van der Waals surface area contributed by atoms with Crippen LogP contribution in [0.25, 0.3) is 76.7 Å². The molecular weight excluding hydrogens is 482 g/mol. The first-order chi connectivity index (χ1) is 19.8. The van der Waals surface area contributed by atoms with Crippen molar-refractivity contribution in [1.29, 1.82) is 0 Å². The second-order valence-corrected chi connectivity index (χ2v) is 10.4. The van der Waals surface area contributed by atoms with Crippen molar-refractivity contribution in [3.8, 4) is 33.5 Å². The highest BCUT2D eigenvalue weighted by Gasteiger charge is 2.14. The number of rotatable bonds is 3. The lowest BCUT2D eigenvalue weighted by atomic mass is 9.91. The molecule has 0 atom stereocenters. The minimum Gasteiger partial charge on any atom is -0.247 e. The number of pyridine rings is 1. The van der Waals surface area contributed by atoms with Crippen LogP contribution in [0.4, 0.5) is 0 Å². The number of nitrogens with zero attached hydrogens (tertiary/aromatic N) is 1. The average molecular weight is 508 g/mol. The summed E-state index contributed by atoms with van der Waals surface area (Å²) >= 11 is 0. The minimum atomic E-state index is 0.981. The molecule has 0 radical (unpaired) electrons. The first-order valence-electron chi connectivity index (χ1n) is 13.7. The van der Waals surface area contributed by atoms with Gasteiger partial charge in [-0.1, -0.05) is 133 Å². The van der Waals surface area contributed by atoms with E-state index in [4.69, 9.17) is 4.98 Å². The van der Waals surface area contributed by atoms with Gasteiger partial charge in [-0.25, -0.2) is 4.98 Å². The normalized spacial score (nSPS) is 11.5. The SMILES string of the molecule is c1ccc(-c2c3ccccc3cc3ccc(-c4ccc(-c5c6ccccc6cc6ccccc56)cc4)nc23)cc1. The van der Waals surface area contributed by atoms with Crippen LogP contribution in [0.1, 0.15) is 0 Å². The van der Waals surface area contributed by atoms with E-state index in [1.165, 1.54) is 54.6 Å². The lowest BCUT2D eigenvalue weighted by Gasteiger charge is -2.14. The van der Waals surface area contributed by atoms with E-state index in [0.717, 1.165) is 22.2 Å². The number of benzene rings is 7.